The Morgan fingerprint density at radius 3 is 3.04 bits per heavy atom. The van der Waals surface area contributed by atoms with Gasteiger partial charge in [0.15, 0.2) is 5.82 Å². The van der Waals surface area contributed by atoms with E-state index in [0.29, 0.717) is 38.5 Å². The number of rotatable bonds is 3. The zero-order valence-corrected chi connectivity index (χ0v) is 14.1. The number of carbonyl (C=O) groups excluding carboxylic acids is 2. The SMILES string of the molecule is Cc1ccnc([C@H]2CN(C(=O)CN3CCCCCC3=O)CCO2)n1. The average molecular weight is 332 g/mol. The molecule has 0 unspecified atom stereocenters. The number of nitrogens with zero attached hydrogens (tertiary/aromatic N) is 4. The van der Waals surface area contributed by atoms with Crippen LogP contribution in [0.3, 0.4) is 0 Å². The summed E-state index contributed by atoms with van der Waals surface area (Å²) >= 11 is 0. The lowest BCUT2D eigenvalue weighted by Crippen LogP contribution is -2.48. The van der Waals surface area contributed by atoms with Gasteiger partial charge in [-0.25, -0.2) is 9.97 Å². The molecule has 0 bridgehead atoms. The molecule has 130 valence electrons. The van der Waals surface area contributed by atoms with Gasteiger partial charge < -0.3 is 14.5 Å². The second-order valence-corrected chi connectivity index (χ2v) is 6.38. The fourth-order valence-electron chi connectivity index (χ4n) is 3.12. The normalized spacial score (nSPS) is 22.4. The fourth-order valence-corrected chi connectivity index (χ4v) is 3.12. The Morgan fingerprint density at radius 2 is 2.21 bits per heavy atom. The van der Waals surface area contributed by atoms with Crippen molar-refractivity contribution in [3.63, 3.8) is 0 Å². The third kappa shape index (κ3) is 4.08. The van der Waals surface area contributed by atoms with Crippen LogP contribution in [-0.2, 0) is 14.3 Å². The van der Waals surface area contributed by atoms with E-state index < -0.39 is 0 Å². The molecule has 0 N–H and O–H groups in total. The summed E-state index contributed by atoms with van der Waals surface area (Å²) in [4.78, 5) is 36.8. The van der Waals surface area contributed by atoms with E-state index in [0.717, 1.165) is 25.0 Å². The molecule has 3 heterocycles. The first-order chi connectivity index (χ1) is 11.6. The van der Waals surface area contributed by atoms with Crippen LogP contribution in [0.15, 0.2) is 12.3 Å². The third-order valence-electron chi connectivity index (χ3n) is 4.52. The Balaban J connectivity index is 1.61. The highest BCUT2D eigenvalue weighted by molar-refractivity contribution is 5.85. The predicted octanol–water partition coefficient (Wildman–Crippen LogP) is 1.09. The van der Waals surface area contributed by atoms with Gasteiger partial charge in [0, 0.05) is 31.4 Å². The van der Waals surface area contributed by atoms with Crippen molar-refractivity contribution in [1.82, 2.24) is 19.8 Å². The van der Waals surface area contributed by atoms with E-state index >= 15 is 0 Å². The Morgan fingerprint density at radius 1 is 1.33 bits per heavy atom. The lowest BCUT2D eigenvalue weighted by atomic mass is 10.2. The van der Waals surface area contributed by atoms with E-state index in [1.807, 2.05) is 13.0 Å². The van der Waals surface area contributed by atoms with Gasteiger partial charge in [-0.2, -0.15) is 0 Å². The van der Waals surface area contributed by atoms with Gasteiger partial charge in [0.05, 0.1) is 19.7 Å². The molecule has 1 atom stereocenters. The smallest absolute Gasteiger partial charge is 0.242 e. The van der Waals surface area contributed by atoms with Crippen LogP contribution in [0.1, 0.15) is 43.3 Å². The molecule has 0 saturated carbocycles. The maximum absolute atomic E-state index is 12.6. The standard InChI is InChI=1S/C17H24N4O3/c1-13-6-7-18-17(19-13)14-11-21(9-10-24-14)16(23)12-20-8-4-2-3-5-15(20)22/h6-7,14H,2-5,8-12H2,1H3/t14-/m1/s1. The minimum absolute atomic E-state index is 0.0220. The second kappa shape index (κ2) is 7.70. The minimum Gasteiger partial charge on any atom is -0.367 e. The molecule has 1 aromatic heterocycles. The van der Waals surface area contributed by atoms with E-state index in [2.05, 4.69) is 9.97 Å². The molecule has 2 fully saturated rings. The Hall–Kier alpha value is -2.02. The molecule has 0 spiro atoms. The van der Waals surface area contributed by atoms with Gasteiger partial charge in [0.25, 0.3) is 0 Å². The van der Waals surface area contributed by atoms with Gasteiger partial charge in [-0.1, -0.05) is 6.42 Å². The van der Waals surface area contributed by atoms with Gasteiger partial charge in [-0.05, 0) is 25.8 Å². The van der Waals surface area contributed by atoms with Gasteiger partial charge in [-0.15, -0.1) is 0 Å². The Labute approximate surface area is 142 Å². The molecule has 0 aromatic carbocycles. The summed E-state index contributed by atoms with van der Waals surface area (Å²) in [5, 5.41) is 0. The number of morpholine rings is 1. The molecule has 3 rings (SSSR count). The molecule has 24 heavy (non-hydrogen) atoms. The van der Waals surface area contributed by atoms with Gasteiger partial charge in [-0.3, -0.25) is 9.59 Å². The maximum atomic E-state index is 12.6. The van der Waals surface area contributed by atoms with Crippen molar-refractivity contribution < 1.29 is 14.3 Å². The largest absolute Gasteiger partial charge is 0.367 e. The van der Waals surface area contributed by atoms with Gasteiger partial charge >= 0.3 is 0 Å². The lowest BCUT2D eigenvalue weighted by molar-refractivity contribution is -0.145. The summed E-state index contributed by atoms with van der Waals surface area (Å²) in [7, 11) is 0. The monoisotopic (exact) mass is 332 g/mol. The molecule has 1 aromatic rings. The third-order valence-corrected chi connectivity index (χ3v) is 4.52. The van der Waals surface area contributed by atoms with E-state index in [9.17, 15) is 9.59 Å². The van der Waals surface area contributed by atoms with Crippen LogP contribution < -0.4 is 0 Å². The number of aryl methyl sites for hydroxylation is 1. The summed E-state index contributed by atoms with van der Waals surface area (Å²) in [6, 6.07) is 1.83. The van der Waals surface area contributed by atoms with E-state index in [-0.39, 0.29) is 24.5 Å². The molecular weight excluding hydrogens is 308 g/mol. The van der Waals surface area contributed by atoms with Crippen molar-refractivity contribution in [3.05, 3.63) is 23.8 Å². The second-order valence-electron chi connectivity index (χ2n) is 6.38. The Kier molecular flexibility index (Phi) is 5.40. The summed E-state index contributed by atoms with van der Waals surface area (Å²) in [6.45, 7) is 4.19. The molecule has 2 aliphatic heterocycles. The van der Waals surface area contributed by atoms with Gasteiger partial charge in [0.1, 0.15) is 6.10 Å². The topological polar surface area (TPSA) is 75.6 Å². The quantitative estimate of drug-likeness (QED) is 0.828. The average Bonchev–Trinajstić information content (AvgIpc) is 2.80. The van der Waals surface area contributed by atoms with Crippen LogP contribution in [-0.4, -0.2) is 64.4 Å². The minimum atomic E-state index is -0.303. The van der Waals surface area contributed by atoms with E-state index in [4.69, 9.17) is 4.74 Å². The molecule has 2 saturated heterocycles. The summed E-state index contributed by atoms with van der Waals surface area (Å²) < 4.78 is 5.73. The van der Waals surface area contributed by atoms with Crippen LogP contribution in [0.5, 0.6) is 0 Å². The van der Waals surface area contributed by atoms with Crippen molar-refractivity contribution >= 4 is 11.8 Å². The predicted molar refractivity (Wildman–Crippen MR) is 87.1 cm³/mol. The number of hydrogen-bond donors (Lipinski definition) is 0. The molecule has 7 nitrogen and oxygen atoms in total. The summed E-state index contributed by atoms with van der Waals surface area (Å²) in [5.74, 6) is 0.678. The molecular formula is C17H24N4O3. The van der Waals surface area contributed by atoms with Crippen molar-refractivity contribution in [3.8, 4) is 0 Å². The molecule has 2 aliphatic rings. The van der Waals surface area contributed by atoms with Crippen LogP contribution in [0.2, 0.25) is 0 Å². The highest BCUT2D eigenvalue weighted by Gasteiger charge is 2.29. The Bertz CT molecular complexity index is 607. The van der Waals surface area contributed by atoms with E-state index in [1.165, 1.54) is 0 Å². The van der Waals surface area contributed by atoms with Gasteiger partial charge in [0.2, 0.25) is 11.8 Å². The molecule has 0 aliphatic carbocycles. The summed E-state index contributed by atoms with van der Waals surface area (Å²) in [5.41, 5.74) is 0.877. The number of aromatic nitrogens is 2. The van der Waals surface area contributed by atoms with Crippen molar-refractivity contribution in [2.75, 3.05) is 32.8 Å². The fraction of sp³-hybridized carbons (Fsp3) is 0.647. The van der Waals surface area contributed by atoms with Crippen LogP contribution in [0, 0.1) is 6.92 Å². The highest BCUT2D eigenvalue weighted by atomic mass is 16.5. The van der Waals surface area contributed by atoms with Crippen LogP contribution >= 0.6 is 0 Å². The van der Waals surface area contributed by atoms with Crippen molar-refractivity contribution in [2.45, 2.75) is 38.7 Å². The summed E-state index contributed by atoms with van der Waals surface area (Å²) in [6.07, 6.45) is 4.91. The first-order valence-corrected chi connectivity index (χ1v) is 8.60. The van der Waals surface area contributed by atoms with Crippen LogP contribution in [0.25, 0.3) is 0 Å². The molecule has 2 amide bonds. The lowest BCUT2D eigenvalue weighted by Gasteiger charge is -2.33. The molecule has 0 radical (unpaired) electrons. The zero-order chi connectivity index (χ0) is 16.9. The number of hydrogen-bond acceptors (Lipinski definition) is 5. The zero-order valence-electron chi connectivity index (χ0n) is 14.1. The van der Waals surface area contributed by atoms with Crippen LogP contribution in [0.4, 0.5) is 0 Å². The number of carbonyl (C=O) groups is 2. The van der Waals surface area contributed by atoms with Crippen molar-refractivity contribution in [2.24, 2.45) is 0 Å². The van der Waals surface area contributed by atoms with Crippen molar-refractivity contribution in [1.29, 1.82) is 0 Å². The van der Waals surface area contributed by atoms with E-state index in [1.54, 1.807) is 16.0 Å². The first-order valence-electron chi connectivity index (χ1n) is 8.60. The number of ether oxygens (including phenoxy) is 1. The molecule has 7 heteroatoms. The highest BCUT2D eigenvalue weighted by Crippen LogP contribution is 2.20. The number of amides is 2. The number of likely N-dealkylation sites (tertiary alicyclic amines) is 1. The first kappa shape index (κ1) is 16.8. The maximum Gasteiger partial charge on any atom is 0.242 e.